The Bertz CT molecular complexity index is 1190. The Morgan fingerprint density at radius 3 is 1.85 bits per heavy atom. The van der Waals surface area contributed by atoms with Crippen LogP contribution in [0, 0.1) is 0 Å². The lowest BCUT2D eigenvalue weighted by Gasteiger charge is -2.51. The summed E-state index contributed by atoms with van der Waals surface area (Å²) in [6, 6.07) is 30.5. The summed E-state index contributed by atoms with van der Waals surface area (Å²) >= 11 is 0. The molecule has 0 bridgehead atoms. The highest BCUT2D eigenvalue weighted by Crippen LogP contribution is 2.34. The lowest BCUT2D eigenvalue weighted by molar-refractivity contribution is -0.161. The standard InChI is InChI=1S/C34H41N3O2/c38-32-31(27-30-18-9-3-10-19-30)35-33(39)34(37(32)24-20-29-16-7-2-8-17-29)21-25-36(26-22-34)23-12-4-11-15-28-13-5-1-6-14-28/h1-3,5-10,13-14,16-19,31H,4,11-12,15,20-27H2,(H,35,39). The summed E-state index contributed by atoms with van der Waals surface area (Å²) in [6.45, 7) is 3.33. The van der Waals surface area contributed by atoms with Gasteiger partial charge in [-0.05, 0) is 61.8 Å². The molecule has 2 aliphatic heterocycles. The number of hydrogen-bond donors (Lipinski definition) is 1. The van der Waals surface area contributed by atoms with Gasteiger partial charge < -0.3 is 15.1 Å². The number of aryl methyl sites for hydroxylation is 1. The first-order chi connectivity index (χ1) is 19.1. The Kier molecular flexibility index (Phi) is 9.10. The Hall–Kier alpha value is -3.44. The fourth-order valence-corrected chi connectivity index (χ4v) is 6.20. The fourth-order valence-electron chi connectivity index (χ4n) is 6.20. The molecule has 2 aliphatic rings. The van der Waals surface area contributed by atoms with Crippen LogP contribution >= 0.6 is 0 Å². The van der Waals surface area contributed by atoms with Gasteiger partial charge in [-0.2, -0.15) is 0 Å². The summed E-state index contributed by atoms with van der Waals surface area (Å²) in [7, 11) is 0. The van der Waals surface area contributed by atoms with Crippen LogP contribution in [0.1, 0.15) is 48.8 Å². The summed E-state index contributed by atoms with van der Waals surface area (Å²) in [5, 5.41) is 3.14. The molecular weight excluding hydrogens is 482 g/mol. The van der Waals surface area contributed by atoms with Gasteiger partial charge in [0.25, 0.3) is 0 Å². The number of likely N-dealkylation sites (tertiary alicyclic amines) is 1. The number of nitrogens with one attached hydrogen (secondary N) is 1. The second-order valence-corrected chi connectivity index (χ2v) is 11.1. The second kappa shape index (κ2) is 13.1. The molecule has 5 rings (SSSR count). The first-order valence-electron chi connectivity index (χ1n) is 14.6. The number of unbranched alkanes of at least 4 members (excludes halogenated alkanes) is 2. The van der Waals surface area contributed by atoms with Gasteiger partial charge in [-0.1, -0.05) is 97.4 Å². The summed E-state index contributed by atoms with van der Waals surface area (Å²) in [5.74, 6) is 0.0855. The average molecular weight is 524 g/mol. The van der Waals surface area contributed by atoms with E-state index in [1.54, 1.807) is 0 Å². The highest BCUT2D eigenvalue weighted by molar-refractivity contribution is 6.00. The van der Waals surface area contributed by atoms with E-state index < -0.39 is 11.6 Å². The minimum absolute atomic E-state index is 0.0265. The SMILES string of the molecule is O=C1C(Cc2ccccc2)NC(=O)C2(CCN(CCCCCc3ccccc3)CC2)N1CCc1ccccc1. The van der Waals surface area contributed by atoms with Crippen LogP contribution in [0.25, 0.3) is 0 Å². The maximum absolute atomic E-state index is 13.9. The van der Waals surface area contributed by atoms with Gasteiger partial charge >= 0.3 is 0 Å². The first-order valence-corrected chi connectivity index (χ1v) is 14.6. The van der Waals surface area contributed by atoms with E-state index in [0.29, 0.717) is 25.8 Å². The molecule has 3 aromatic rings. The molecule has 2 amide bonds. The Morgan fingerprint density at radius 1 is 0.667 bits per heavy atom. The largest absolute Gasteiger partial charge is 0.342 e. The number of rotatable bonds is 11. The van der Waals surface area contributed by atoms with E-state index in [4.69, 9.17) is 0 Å². The smallest absolute Gasteiger partial charge is 0.246 e. The summed E-state index contributed by atoms with van der Waals surface area (Å²) in [4.78, 5) is 32.1. The molecule has 5 nitrogen and oxygen atoms in total. The molecule has 3 aromatic carbocycles. The number of carbonyl (C=O) groups is 2. The van der Waals surface area contributed by atoms with Gasteiger partial charge in [0, 0.05) is 26.1 Å². The summed E-state index contributed by atoms with van der Waals surface area (Å²) in [6.07, 6.45) is 7.38. The third-order valence-electron chi connectivity index (χ3n) is 8.52. The van der Waals surface area contributed by atoms with Gasteiger partial charge in [-0.15, -0.1) is 0 Å². The van der Waals surface area contributed by atoms with Gasteiger partial charge in [0.2, 0.25) is 11.8 Å². The third-order valence-corrected chi connectivity index (χ3v) is 8.52. The Balaban J connectivity index is 1.20. The van der Waals surface area contributed by atoms with E-state index >= 15 is 0 Å². The van der Waals surface area contributed by atoms with Crippen molar-refractivity contribution in [3.8, 4) is 0 Å². The zero-order valence-corrected chi connectivity index (χ0v) is 22.9. The molecule has 0 saturated carbocycles. The number of piperazine rings is 1. The van der Waals surface area contributed by atoms with Gasteiger partial charge in [0.05, 0.1) is 0 Å². The quantitative estimate of drug-likeness (QED) is 0.358. The summed E-state index contributed by atoms with van der Waals surface area (Å²) in [5.41, 5.74) is 2.92. The van der Waals surface area contributed by atoms with Crippen molar-refractivity contribution in [1.29, 1.82) is 0 Å². The molecule has 1 atom stereocenters. The van der Waals surface area contributed by atoms with Gasteiger partial charge in [-0.3, -0.25) is 9.59 Å². The molecular formula is C34H41N3O2. The minimum atomic E-state index is -0.747. The molecule has 0 radical (unpaired) electrons. The van der Waals surface area contributed by atoms with Crippen molar-refractivity contribution in [2.75, 3.05) is 26.2 Å². The second-order valence-electron chi connectivity index (χ2n) is 11.1. The maximum Gasteiger partial charge on any atom is 0.246 e. The maximum atomic E-state index is 13.9. The van der Waals surface area contributed by atoms with Crippen LogP contribution in [0.15, 0.2) is 91.0 Å². The molecule has 1 N–H and O–H groups in total. The molecule has 5 heteroatoms. The van der Waals surface area contributed by atoms with Crippen LogP contribution < -0.4 is 5.32 Å². The highest BCUT2D eigenvalue weighted by Gasteiger charge is 2.53. The third kappa shape index (κ3) is 6.77. The van der Waals surface area contributed by atoms with Crippen molar-refractivity contribution in [2.45, 2.75) is 62.9 Å². The van der Waals surface area contributed by atoms with Crippen LogP contribution in [0.2, 0.25) is 0 Å². The molecule has 39 heavy (non-hydrogen) atoms. The minimum Gasteiger partial charge on any atom is -0.342 e. The normalized spacial score (nSPS) is 19.3. The van der Waals surface area contributed by atoms with Crippen LogP contribution in [-0.2, 0) is 28.9 Å². The molecule has 2 saturated heterocycles. The number of nitrogens with zero attached hydrogens (tertiary/aromatic N) is 2. The average Bonchev–Trinajstić information content (AvgIpc) is 2.98. The number of piperidine rings is 1. The topological polar surface area (TPSA) is 52.7 Å². The number of hydrogen-bond acceptors (Lipinski definition) is 3. The number of benzene rings is 3. The van der Waals surface area contributed by atoms with E-state index in [1.165, 1.54) is 30.4 Å². The monoisotopic (exact) mass is 523 g/mol. The zero-order valence-electron chi connectivity index (χ0n) is 22.9. The van der Waals surface area contributed by atoms with Crippen molar-refractivity contribution in [2.24, 2.45) is 0 Å². The van der Waals surface area contributed by atoms with E-state index in [1.807, 2.05) is 53.4 Å². The summed E-state index contributed by atoms with van der Waals surface area (Å²) < 4.78 is 0. The lowest BCUT2D eigenvalue weighted by atomic mass is 9.80. The zero-order chi connectivity index (χ0) is 26.9. The fraction of sp³-hybridized carbons (Fsp3) is 0.412. The van der Waals surface area contributed by atoms with Crippen LogP contribution in [0.3, 0.4) is 0 Å². The molecule has 0 aliphatic carbocycles. The van der Waals surface area contributed by atoms with E-state index in [0.717, 1.165) is 38.0 Å². The van der Waals surface area contributed by atoms with Gasteiger partial charge in [-0.25, -0.2) is 0 Å². The Labute approximate surface area is 233 Å². The van der Waals surface area contributed by atoms with Gasteiger partial charge in [0.1, 0.15) is 11.6 Å². The number of amides is 2. The van der Waals surface area contributed by atoms with Crippen molar-refractivity contribution in [3.63, 3.8) is 0 Å². The molecule has 204 valence electrons. The molecule has 1 unspecified atom stereocenters. The number of carbonyl (C=O) groups excluding carboxylic acids is 2. The highest BCUT2D eigenvalue weighted by atomic mass is 16.2. The van der Waals surface area contributed by atoms with Crippen molar-refractivity contribution >= 4 is 11.8 Å². The Morgan fingerprint density at radius 2 is 1.23 bits per heavy atom. The molecule has 1 spiro atoms. The van der Waals surface area contributed by atoms with Crippen molar-refractivity contribution < 1.29 is 9.59 Å². The van der Waals surface area contributed by atoms with Crippen LogP contribution in [-0.4, -0.2) is 59.4 Å². The molecule has 2 heterocycles. The predicted molar refractivity (Wildman–Crippen MR) is 156 cm³/mol. The molecule has 2 fully saturated rings. The van der Waals surface area contributed by atoms with E-state index in [9.17, 15) is 9.59 Å². The van der Waals surface area contributed by atoms with Gasteiger partial charge in [0.15, 0.2) is 0 Å². The van der Waals surface area contributed by atoms with Crippen molar-refractivity contribution in [1.82, 2.24) is 15.1 Å². The van der Waals surface area contributed by atoms with Crippen LogP contribution in [0.5, 0.6) is 0 Å². The molecule has 0 aromatic heterocycles. The van der Waals surface area contributed by atoms with E-state index in [-0.39, 0.29) is 11.8 Å². The first kappa shape index (κ1) is 27.1. The lowest BCUT2D eigenvalue weighted by Crippen LogP contribution is -2.73. The van der Waals surface area contributed by atoms with E-state index in [2.05, 4.69) is 52.7 Å². The van der Waals surface area contributed by atoms with Crippen LogP contribution in [0.4, 0.5) is 0 Å². The van der Waals surface area contributed by atoms with Crippen molar-refractivity contribution in [3.05, 3.63) is 108 Å². The predicted octanol–water partition coefficient (Wildman–Crippen LogP) is 5.05.